The summed E-state index contributed by atoms with van der Waals surface area (Å²) in [7, 11) is 2.15. The summed E-state index contributed by atoms with van der Waals surface area (Å²) < 4.78 is 13.3. The van der Waals surface area contributed by atoms with Crippen LogP contribution in [0.25, 0.3) is 0 Å². The molecule has 0 aromatic heterocycles. The van der Waals surface area contributed by atoms with Gasteiger partial charge in [0.2, 0.25) is 0 Å². The Hall–Kier alpha value is -0.640. The van der Waals surface area contributed by atoms with Gasteiger partial charge >= 0.3 is 0 Å². The highest BCUT2D eigenvalue weighted by molar-refractivity contribution is 6.31. The lowest BCUT2D eigenvalue weighted by Gasteiger charge is -2.34. The van der Waals surface area contributed by atoms with Crippen LogP contribution in [0.15, 0.2) is 18.2 Å². The lowest BCUT2D eigenvalue weighted by atomic mass is 9.89. The third-order valence-electron chi connectivity index (χ3n) is 4.33. The summed E-state index contributed by atoms with van der Waals surface area (Å²) in [5, 5.41) is 4.10. The van der Waals surface area contributed by atoms with E-state index in [2.05, 4.69) is 31.1 Å². The second-order valence-electron chi connectivity index (χ2n) is 6.41. The normalized spacial score (nSPS) is 24.3. The van der Waals surface area contributed by atoms with Gasteiger partial charge < -0.3 is 5.32 Å². The van der Waals surface area contributed by atoms with Gasteiger partial charge in [-0.3, -0.25) is 4.90 Å². The number of halogens is 2. The molecule has 1 saturated heterocycles. The van der Waals surface area contributed by atoms with E-state index in [1.807, 2.05) is 6.07 Å². The first-order valence-electron chi connectivity index (χ1n) is 7.87. The van der Waals surface area contributed by atoms with Gasteiger partial charge in [-0.15, -0.1) is 0 Å². The molecule has 1 aromatic rings. The Balaban J connectivity index is 2.27. The van der Waals surface area contributed by atoms with Crippen LogP contribution in [0.1, 0.15) is 44.7 Å². The van der Waals surface area contributed by atoms with Crippen molar-refractivity contribution in [3.63, 3.8) is 0 Å². The van der Waals surface area contributed by atoms with Crippen LogP contribution in [-0.4, -0.2) is 31.1 Å². The van der Waals surface area contributed by atoms with Gasteiger partial charge in [-0.25, -0.2) is 4.39 Å². The van der Waals surface area contributed by atoms with E-state index in [4.69, 9.17) is 11.6 Å². The molecule has 1 fully saturated rings. The number of hydrogen-bond acceptors (Lipinski definition) is 2. The van der Waals surface area contributed by atoms with E-state index < -0.39 is 0 Å². The summed E-state index contributed by atoms with van der Waals surface area (Å²) in [5.74, 6) is 0.236. The predicted octanol–water partition coefficient (Wildman–Crippen LogP) is 4.25. The van der Waals surface area contributed by atoms with Crippen molar-refractivity contribution in [3.05, 3.63) is 34.6 Å². The number of likely N-dealkylation sites (tertiary alicyclic amines) is 1. The van der Waals surface area contributed by atoms with Crippen molar-refractivity contribution in [1.29, 1.82) is 0 Å². The third-order valence-corrected chi connectivity index (χ3v) is 4.65. The number of nitrogens with zero attached hydrogens (tertiary/aromatic N) is 1. The van der Waals surface area contributed by atoms with Crippen LogP contribution in [0.5, 0.6) is 0 Å². The van der Waals surface area contributed by atoms with Crippen molar-refractivity contribution in [2.45, 2.75) is 45.2 Å². The van der Waals surface area contributed by atoms with Crippen molar-refractivity contribution in [3.8, 4) is 0 Å². The fourth-order valence-electron chi connectivity index (χ4n) is 3.26. The molecular weight excluding hydrogens is 287 g/mol. The molecule has 0 bridgehead atoms. The van der Waals surface area contributed by atoms with Crippen molar-refractivity contribution < 1.29 is 4.39 Å². The Morgan fingerprint density at radius 2 is 2.14 bits per heavy atom. The van der Waals surface area contributed by atoms with Crippen LogP contribution in [-0.2, 0) is 0 Å². The minimum Gasteiger partial charge on any atom is -0.314 e. The summed E-state index contributed by atoms with van der Waals surface area (Å²) in [6.45, 7) is 6.37. The van der Waals surface area contributed by atoms with E-state index in [-0.39, 0.29) is 11.9 Å². The Bertz CT molecular complexity index is 464. The summed E-state index contributed by atoms with van der Waals surface area (Å²) >= 11 is 6.32. The summed E-state index contributed by atoms with van der Waals surface area (Å²) in [5.41, 5.74) is 1.05. The van der Waals surface area contributed by atoms with Crippen LogP contribution in [0.4, 0.5) is 4.39 Å². The maximum absolute atomic E-state index is 13.3. The van der Waals surface area contributed by atoms with E-state index >= 15 is 0 Å². The van der Waals surface area contributed by atoms with Gasteiger partial charge in [0, 0.05) is 23.7 Å². The molecule has 1 aliphatic heterocycles. The Kier molecular flexibility index (Phi) is 6.03. The Labute approximate surface area is 132 Å². The van der Waals surface area contributed by atoms with Crippen LogP contribution >= 0.6 is 11.6 Å². The number of nitrogens with one attached hydrogen (secondary N) is 1. The fraction of sp³-hybridized carbons (Fsp3) is 0.647. The largest absolute Gasteiger partial charge is 0.314 e. The van der Waals surface area contributed by atoms with E-state index in [0.717, 1.165) is 18.7 Å². The van der Waals surface area contributed by atoms with E-state index in [9.17, 15) is 4.39 Å². The van der Waals surface area contributed by atoms with Crippen LogP contribution in [0, 0.1) is 11.7 Å². The molecule has 0 spiro atoms. The number of rotatable bonds is 4. The van der Waals surface area contributed by atoms with Gasteiger partial charge in [0.05, 0.1) is 0 Å². The first kappa shape index (κ1) is 16.7. The van der Waals surface area contributed by atoms with Gasteiger partial charge in [-0.05, 0) is 50.0 Å². The Morgan fingerprint density at radius 3 is 2.81 bits per heavy atom. The molecule has 0 radical (unpaired) electrons. The van der Waals surface area contributed by atoms with E-state index in [1.54, 1.807) is 0 Å². The smallest absolute Gasteiger partial charge is 0.124 e. The fourth-order valence-corrected chi connectivity index (χ4v) is 3.54. The van der Waals surface area contributed by atoms with Gasteiger partial charge in [-0.1, -0.05) is 37.9 Å². The average molecular weight is 313 g/mol. The highest BCUT2D eigenvalue weighted by Crippen LogP contribution is 2.37. The quantitative estimate of drug-likeness (QED) is 0.894. The van der Waals surface area contributed by atoms with Crippen LogP contribution < -0.4 is 5.32 Å². The second-order valence-corrected chi connectivity index (χ2v) is 6.82. The minimum atomic E-state index is -0.267. The molecule has 0 aliphatic carbocycles. The second kappa shape index (κ2) is 7.57. The molecule has 1 heterocycles. The minimum absolute atomic E-state index is 0.256. The first-order valence-corrected chi connectivity index (χ1v) is 8.25. The molecule has 2 atom stereocenters. The highest BCUT2D eigenvalue weighted by atomic mass is 35.5. The van der Waals surface area contributed by atoms with Gasteiger partial charge in [0.15, 0.2) is 0 Å². The zero-order valence-electron chi connectivity index (χ0n) is 13.2. The molecule has 1 N–H and O–H groups in total. The topological polar surface area (TPSA) is 15.3 Å². The molecule has 1 aromatic carbocycles. The molecule has 118 valence electrons. The van der Waals surface area contributed by atoms with Crippen LogP contribution in [0.3, 0.4) is 0 Å². The molecule has 1 aliphatic rings. The first-order chi connectivity index (χ1) is 9.99. The van der Waals surface area contributed by atoms with Gasteiger partial charge in [0.1, 0.15) is 5.82 Å². The SMILES string of the molecule is CC(C)NCC1CCCCN(C)C1c1ccc(F)cc1Cl. The molecular formula is C17H26ClFN2. The maximum atomic E-state index is 13.3. The maximum Gasteiger partial charge on any atom is 0.124 e. The van der Waals surface area contributed by atoms with Crippen LogP contribution in [0.2, 0.25) is 5.02 Å². The standard InChI is InChI=1S/C17H26ClFN2/c1-12(2)20-11-13-6-4-5-9-21(3)17(13)15-8-7-14(19)10-16(15)18/h7-8,10,12-13,17,20H,4-6,9,11H2,1-3H3. The lowest BCUT2D eigenvalue weighted by Crippen LogP contribution is -2.37. The van der Waals surface area contributed by atoms with Crippen molar-refractivity contribution in [2.24, 2.45) is 5.92 Å². The summed E-state index contributed by atoms with van der Waals surface area (Å²) in [6, 6.07) is 5.54. The molecule has 2 rings (SSSR count). The zero-order valence-corrected chi connectivity index (χ0v) is 14.0. The molecule has 0 saturated carbocycles. The third kappa shape index (κ3) is 4.41. The van der Waals surface area contributed by atoms with Crippen molar-refractivity contribution in [1.82, 2.24) is 10.2 Å². The van der Waals surface area contributed by atoms with Gasteiger partial charge in [0.25, 0.3) is 0 Å². The Morgan fingerprint density at radius 1 is 1.38 bits per heavy atom. The monoisotopic (exact) mass is 312 g/mol. The molecule has 2 nitrogen and oxygen atoms in total. The van der Waals surface area contributed by atoms with Crippen molar-refractivity contribution in [2.75, 3.05) is 20.1 Å². The number of hydrogen-bond donors (Lipinski definition) is 1. The van der Waals surface area contributed by atoms with E-state index in [0.29, 0.717) is 17.0 Å². The summed E-state index contributed by atoms with van der Waals surface area (Å²) in [6.07, 6.45) is 3.64. The average Bonchev–Trinajstić information content (AvgIpc) is 2.59. The highest BCUT2D eigenvalue weighted by Gasteiger charge is 2.30. The predicted molar refractivity (Wildman–Crippen MR) is 87.3 cm³/mol. The van der Waals surface area contributed by atoms with E-state index in [1.165, 1.54) is 31.4 Å². The molecule has 21 heavy (non-hydrogen) atoms. The number of benzene rings is 1. The molecule has 0 amide bonds. The molecule has 4 heteroatoms. The van der Waals surface area contributed by atoms with Gasteiger partial charge in [-0.2, -0.15) is 0 Å². The lowest BCUT2D eigenvalue weighted by molar-refractivity contribution is 0.187. The summed E-state index contributed by atoms with van der Waals surface area (Å²) in [4.78, 5) is 2.37. The molecule has 2 unspecified atom stereocenters. The van der Waals surface area contributed by atoms with Crippen molar-refractivity contribution >= 4 is 11.6 Å². The zero-order chi connectivity index (χ0) is 15.4.